The highest BCUT2D eigenvalue weighted by Crippen LogP contribution is 2.30. The topological polar surface area (TPSA) is 105 Å². The van der Waals surface area contributed by atoms with Gasteiger partial charge in [0.05, 0.1) is 0 Å². The molecule has 0 aromatic heterocycles. The summed E-state index contributed by atoms with van der Waals surface area (Å²) in [5, 5.41) is 0. The van der Waals surface area contributed by atoms with Gasteiger partial charge in [0.2, 0.25) is 0 Å². The predicted octanol–water partition coefficient (Wildman–Crippen LogP) is 5.56. The zero-order chi connectivity index (χ0) is 28.4. The maximum Gasteiger partial charge on any atom is 0.338 e. The molecular formula is C31H26O8. The van der Waals surface area contributed by atoms with E-state index >= 15 is 0 Å². The fourth-order valence-corrected chi connectivity index (χ4v) is 3.23. The maximum absolute atomic E-state index is 12.4. The Hall–Kier alpha value is -5.24. The van der Waals surface area contributed by atoms with Crippen LogP contribution in [0.5, 0.6) is 23.0 Å². The van der Waals surface area contributed by atoms with E-state index in [1.54, 1.807) is 49.4 Å². The van der Waals surface area contributed by atoms with Crippen LogP contribution >= 0.6 is 0 Å². The molecule has 8 heteroatoms. The Morgan fingerprint density at radius 1 is 0.692 bits per heavy atom. The van der Waals surface area contributed by atoms with E-state index in [-0.39, 0.29) is 24.3 Å². The largest absolute Gasteiger partial charge is 0.427 e. The van der Waals surface area contributed by atoms with Crippen molar-refractivity contribution in [3.05, 3.63) is 110 Å². The highest BCUT2D eigenvalue weighted by molar-refractivity contribution is 5.89. The molecule has 0 atom stereocenters. The van der Waals surface area contributed by atoms with E-state index in [0.29, 0.717) is 22.6 Å². The van der Waals surface area contributed by atoms with Crippen LogP contribution in [0.15, 0.2) is 104 Å². The standard InChI is InChI=1S/C31H26O8/c1-5-28(32)38-26-17-7-21(19-27(26)39-29(33)6-2)8-18-30(34)36-24-13-9-22(10-14-24)23-11-15-25(16-12-23)37-31(35)20(3)4/h5-7,9-17,19H,1-3,8,18H2,4H3. The Balaban J connectivity index is 1.59. The smallest absolute Gasteiger partial charge is 0.338 e. The van der Waals surface area contributed by atoms with Crippen molar-refractivity contribution in [3.63, 3.8) is 0 Å². The molecule has 3 aromatic rings. The number of carbonyl (C=O) groups is 4. The van der Waals surface area contributed by atoms with Gasteiger partial charge in [0.15, 0.2) is 11.5 Å². The summed E-state index contributed by atoms with van der Waals surface area (Å²) < 4.78 is 20.9. The van der Waals surface area contributed by atoms with E-state index in [1.807, 2.05) is 12.1 Å². The van der Waals surface area contributed by atoms with Gasteiger partial charge in [-0.05, 0) is 66.4 Å². The van der Waals surface area contributed by atoms with Crippen LogP contribution in [0.2, 0.25) is 0 Å². The monoisotopic (exact) mass is 526 g/mol. The van der Waals surface area contributed by atoms with Gasteiger partial charge in [-0.1, -0.05) is 50.1 Å². The summed E-state index contributed by atoms with van der Waals surface area (Å²) in [5.41, 5.74) is 2.74. The quantitative estimate of drug-likeness (QED) is 0.182. The fourth-order valence-electron chi connectivity index (χ4n) is 3.23. The molecule has 0 aliphatic rings. The zero-order valence-corrected chi connectivity index (χ0v) is 21.3. The number of ether oxygens (including phenoxy) is 4. The second kappa shape index (κ2) is 13.3. The minimum absolute atomic E-state index is 0.0126. The Morgan fingerprint density at radius 3 is 1.72 bits per heavy atom. The van der Waals surface area contributed by atoms with Crippen molar-refractivity contribution in [2.24, 2.45) is 0 Å². The first-order valence-corrected chi connectivity index (χ1v) is 11.8. The number of hydrogen-bond acceptors (Lipinski definition) is 8. The normalized spacial score (nSPS) is 10.1. The molecule has 0 heterocycles. The Morgan fingerprint density at radius 2 is 1.21 bits per heavy atom. The van der Waals surface area contributed by atoms with Gasteiger partial charge in [-0.25, -0.2) is 14.4 Å². The summed E-state index contributed by atoms with van der Waals surface area (Å²) in [5.74, 6) is -1.56. The van der Waals surface area contributed by atoms with Gasteiger partial charge < -0.3 is 18.9 Å². The molecule has 0 amide bonds. The summed E-state index contributed by atoms with van der Waals surface area (Å²) in [7, 11) is 0. The van der Waals surface area contributed by atoms with Crippen molar-refractivity contribution in [3.8, 4) is 34.1 Å². The van der Waals surface area contributed by atoms with Crippen LogP contribution in [-0.2, 0) is 25.6 Å². The van der Waals surface area contributed by atoms with Crippen molar-refractivity contribution in [2.75, 3.05) is 0 Å². The molecule has 0 fully saturated rings. The molecule has 8 nitrogen and oxygen atoms in total. The third-order valence-electron chi connectivity index (χ3n) is 5.21. The number of esters is 4. The summed E-state index contributed by atoms with van der Waals surface area (Å²) in [6, 6.07) is 18.6. The van der Waals surface area contributed by atoms with Crippen molar-refractivity contribution >= 4 is 23.9 Å². The Kier molecular flexibility index (Phi) is 9.70. The van der Waals surface area contributed by atoms with Crippen LogP contribution in [0.3, 0.4) is 0 Å². The predicted molar refractivity (Wildman–Crippen MR) is 144 cm³/mol. The van der Waals surface area contributed by atoms with Crippen molar-refractivity contribution in [1.82, 2.24) is 0 Å². The molecule has 0 bridgehead atoms. The molecule has 3 aromatic carbocycles. The molecule has 0 unspecified atom stereocenters. The molecule has 0 spiro atoms. The first-order chi connectivity index (χ1) is 18.7. The van der Waals surface area contributed by atoms with Gasteiger partial charge in [-0.3, -0.25) is 4.79 Å². The van der Waals surface area contributed by atoms with E-state index in [2.05, 4.69) is 19.7 Å². The van der Waals surface area contributed by atoms with Gasteiger partial charge in [0.1, 0.15) is 11.5 Å². The molecule has 0 aliphatic carbocycles. The second-order valence-corrected chi connectivity index (χ2v) is 8.22. The number of rotatable bonds is 11. The van der Waals surface area contributed by atoms with E-state index in [9.17, 15) is 19.2 Å². The molecule has 0 saturated heterocycles. The average Bonchev–Trinajstić information content (AvgIpc) is 2.93. The number of carbonyl (C=O) groups excluding carboxylic acids is 4. The minimum Gasteiger partial charge on any atom is -0.427 e. The fraction of sp³-hybridized carbons (Fsp3) is 0.0968. The zero-order valence-electron chi connectivity index (χ0n) is 21.3. The first kappa shape index (κ1) is 28.3. The first-order valence-electron chi connectivity index (χ1n) is 11.8. The Bertz CT molecular complexity index is 1420. The highest BCUT2D eigenvalue weighted by Gasteiger charge is 2.14. The molecule has 3 rings (SSSR count). The number of benzene rings is 3. The summed E-state index contributed by atoms with van der Waals surface area (Å²) in [6.07, 6.45) is 2.29. The van der Waals surface area contributed by atoms with E-state index < -0.39 is 23.9 Å². The molecular weight excluding hydrogens is 500 g/mol. The molecule has 198 valence electrons. The lowest BCUT2D eigenvalue weighted by Gasteiger charge is -2.11. The lowest BCUT2D eigenvalue weighted by Crippen LogP contribution is -2.10. The van der Waals surface area contributed by atoms with Crippen LogP contribution in [0.1, 0.15) is 18.9 Å². The lowest BCUT2D eigenvalue weighted by atomic mass is 10.1. The SMILES string of the molecule is C=CC(=O)Oc1ccc(CCC(=O)Oc2ccc(-c3ccc(OC(=O)C(=C)C)cc3)cc2)cc1OC(=O)C=C. The van der Waals surface area contributed by atoms with Gasteiger partial charge in [-0.2, -0.15) is 0 Å². The van der Waals surface area contributed by atoms with E-state index in [4.69, 9.17) is 18.9 Å². The molecule has 0 radical (unpaired) electrons. The van der Waals surface area contributed by atoms with Crippen LogP contribution in [0.4, 0.5) is 0 Å². The third-order valence-corrected chi connectivity index (χ3v) is 5.21. The van der Waals surface area contributed by atoms with Crippen LogP contribution in [-0.4, -0.2) is 23.9 Å². The minimum atomic E-state index is -0.729. The van der Waals surface area contributed by atoms with Gasteiger partial charge in [0.25, 0.3) is 0 Å². The summed E-state index contributed by atoms with van der Waals surface area (Å²) >= 11 is 0. The summed E-state index contributed by atoms with van der Waals surface area (Å²) in [4.78, 5) is 47.3. The molecule has 39 heavy (non-hydrogen) atoms. The van der Waals surface area contributed by atoms with Crippen molar-refractivity contribution < 1.29 is 38.1 Å². The van der Waals surface area contributed by atoms with Crippen molar-refractivity contribution in [2.45, 2.75) is 19.8 Å². The van der Waals surface area contributed by atoms with Crippen LogP contribution in [0, 0.1) is 0 Å². The summed E-state index contributed by atoms with van der Waals surface area (Å²) in [6.45, 7) is 11.8. The van der Waals surface area contributed by atoms with Crippen LogP contribution < -0.4 is 18.9 Å². The third kappa shape index (κ3) is 8.40. The van der Waals surface area contributed by atoms with Crippen molar-refractivity contribution in [1.29, 1.82) is 0 Å². The Labute approximate surface area is 225 Å². The number of aryl methyl sites for hydroxylation is 1. The van der Waals surface area contributed by atoms with Gasteiger partial charge in [0, 0.05) is 24.1 Å². The maximum atomic E-state index is 12.4. The van der Waals surface area contributed by atoms with Gasteiger partial charge >= 0.3 is 23.9 Å². The highest BCUT2D eigenvalue weighted by atomic mass is 16.6. The van der Waals surface area contributed by atoms with Gasteiger partial charge in [-0.15, -0.1) is 0 Å². The molecule has 0 aliphatic heterocycles. The van der Waals surface area contributed by atoms with E-state index in [1.165, 1.54) is 12.1 Å². The van der Waals surface area contributed by atoms with E-state index in [0.717, 1.165) is 23.3 Å². The molecule has 0 N–H and O–H groups in total. The van der Waals surface area contributed by atoms with Crippen LogP contribution in [0.25, 0.3) is 11.1 Å². The number of hydrogen-bond donors (Lipinski definition) is 0. The average molecular weight is 527 g/mol. The lowest BCUT2D eigenvalue weighted by molar-refractivity contribution is -0.134. The second-order valence-electron chi connectivity index (χ2n) is 8.22. The molecule has 0 saturated carbocycles.